The Morgan fingerprint density at radius 1 is 1.24 bits per heavy atom. The minimum absolute atomic E-state index is 0.191. The lowest BCUT2D eigenvalue weighted by atomic mass is 9.92. The van der Waals surface area contributed by atoms with Crippen molar-refractivity contribution in [1.82, 2.24) is 25.3 Å². The molecule has 3 aromatic rings. The van der Waals surface area contributed by atoms with Gasteiger partial charge in [-0.15, -0.1) is 6.58 Å². The van der Waals surface area contributed by atoms with Crippen LogP contribution in [0.15, 0.2) is 71.1 Å². The number of hydrazine groups is 1. The molecule has 1 aliphatic rings. The monoisotopic (exact) mass is 497 g/mol. The summed E-state index contributed by atoms with van der Waals surface area (Å²) in [5, 5.41) is 4.38. The van der Waals surface area contributed by atoms with E-state index in [0.717, 1.165) is 11.8 Å². The van der Waals surface area contributed by atoms with Crippen LogP contribution < -0.4 is 16.3 Å². The second kappa shape index (κ2) is 9.32. The van der Waals surface area contributed by atoms with Crippen LogP contribution in [-0.4, -0.2) is 38.2 Å². The van der Waals surface area contributed by atoms with Crippen LogP contribution in [0.2, 0.25) is 5.02 Å². The van der Waals surface area contributed by atoms with Crippen LogP contribution in [0.3, 0.4) is 0 Å². The largest absolute Gasteiger partial charge is 0.344 e. The van der Waals surface area contributed by atoms with Crippen molar-refractivity contribution in [3.63, 3.8) is 0 Å². The number of amides is 4. The van der Waals surface area contributed by atoms with Gasteiger partial charge in [0.1, 0.15) is 5.54 Å². The van der Waals surface area contributed by atoms with Gasteiger partial charge in [-0.25, -0.2) is 9.78 Å². The maximum Gasteiger partial charge on any atom is 0.344 e. The third kappa shape index (κ3) is 4.29. The van der Waals surface area contributed by atoms with Gasteiger partial charge in [0.25, 0.3) is 11.5 Å². The summed E-state index contributed by atoms with van der Waals surface area (Å²) in [6.07, 6.45) is 1.55. The number of allylic oxidation sites excluding steroid dienone is 1. The molecule has 34 heavy (non-hydrogen) atoms. The summed E-state index contributed by atoms with van der Waals surface area (Å²) in [5.74, 6) is -1.42. The van der Waals surface area contributed by atoms with Crippen molar-refractivity contribution in [1.29, 1.82) is 0 Å². The lowest BCUT2D eigenvalue weighted by Crippen LogP contribution is -2.48. The highest BCUT2D eigenvalue weighted by Gasteiger charge is 2.49. The van der Waals surface area contributed by atoms with Gasteiger partial charge in [-0.1, -0.05) is 59.8 Å². The molecule has 2 aromatic carbocycles. The first-order valence-corrected chi connectivity index (χ1v) is 11.6. The fourth-order valence-corrected chi connectivity index (χ4v) is 4.54. The summed E-state index contributed by atoms with van der Waals surface area (Å²) in [4.78, 5) is 55.4. The molecule has 1 saturated heterocycles. The van der Waals surface area contributed by atoms with E-state index < -0.39 is 23.4 Å². The number of hydrogen-bond acceptors (Lipinski definition) is 6. The van der Waals surface area contributed by atoms with Crippen molar-refractivity contribution in [3.8, 4) is 0 Å². The number of imide groups is 1. The molecule has 174 valence electrons. The first-order valence-electron chi connectivity index (χ1n) is 10.2. The fourth-order valence-electron chi connectivity index (χ4n) is 3.57. The number of aromatic nitrogens is 2. The number of benzene rings is 2. The quantitative estimate of drug-likeness (QED) is 0.224. The molecule has 2 heterocycles. The molecule has 0 saturated carbocycles. The third-order valence-corrected chi connectivity index (χ3v) is 6.52. The lowest BCUT2D eigenvalue weighted by molar-refractivity contribution is -0.138. The Morgan fingerprint density at radius 3 is 2.68 bits per heavy atom. The molecule has 1 atom stereocenters. The lowest BCUT2D eigenvalue weighted by Gasteiger charge is -2.22. The highest BCUT2D eigenvalue weighted by molar-refractivity contribution is 7.99. The van der Waals surface area contributed by atoms with Crippen LogP contribution in [0.1, 0.15) is 12.5 Å². The van der Waals surface area contributed by atoms with E-state index in [9.17, 15) is 19.2 Å². The molecule has 0 radical (unpaired) electrons. The van der Waals surface area contributed by atoms with Gasteiger partial charge < -0.3 is 5.32 Å². The Hall–Kier alpha value is -3.63. The number of nitrogens with zero attached hydrogens (tertiary/aromatic N) is 3. The predicted molar refractivity (Wildman–Crippen MR) is 129 cm³/mol. The highest BCUT2D eigenvalue weighted by Crippen LogP contribution is 2.28. The number of urea groups is 1. The van der Waals surface area contributed by atoms with Gasteiger partial charge in [-0.05, 0) is 30.7 Å². The number of nitrogens with one attached hydrogen (secondary N) is 2. The number of halogens is 1. The molecule has 1 fully saturated rings. The fraction of sp³-hybridized carbons (Fsp3) is 0.174. The van der Waals surface area contributed by atoms with Gasteiger partial charge in [0.2, 0.25) is 5.91 Å². The molecular formula is C23H20ClN5O4S. The summed E-state index contributed by atoms with van der Waals surface area (Å²) in [6.45, 7) is 5.43. The summed E-state index contributed by atoms with van der Waals surface area (Å²) in [7, 11) is 0. The van der Waals surface area contributed by atoms with Crippen LogP contribution in [-0.2, 0) is 21.7 Å². The van der Waals surface area contributed by atoms with E-state index in [-0.39, 0.29) is 23.0 Å². The molecule has 2 N–H and O–H groups in total. The summed E-state index contributed by atoms with van der Waals surface area (Å²) >= 11 is 7.02. The average Bonchev–Trinajstić information content (AvgIpc) is 3.04. The van der Waals surface area contributed by atoms with E-state index in [1.807, 2.05) is 0 Å². The van der Waals surface area contributed by atoms with E-state index in [0.29, 0.717) is 26.5 Å². The second-order valence-electron chi connectivity index (χ2n) is 7.65. The van der Waals surface area contributed by atoms with Gasteiger partial charge in [-0.3, -0.25) is 24.4 Å². The molecule has 4 amide bonds. The van der Waals surface area contributed by atoms with Crippen LogP contribution in [0.5, 0.6) is 0 Å². The van der Waals surface area contributed by atoms with Gasteiger partial charge in [0, 0.05) is 11.6 Å². The van der Waals surface area contributed by atoms with Crippen LogP contribution >= 0.6 is 23.4 Å². The number of thioether (sulfide) groups is 1. The molecule has 1 aromatic heterocycles. The number of fused-ring (bicyclic) bond motifs is 1. The summed E-state index contributed by atoms with van der Waals surface area (Å²) in [6, 6.07) is 12.8. The Kier molecular flexibility index (Phi) is 6.45. The maximum atomic E-state index is 12.9. The third-order valence-electron chi connectivity index (χ3n) is 5.30. The zero-order valence-electron chi connectivity index (χ0n) is 18.1. The van der Waals surface area contributed by atoms with Crippen LogP contribution in [0, 0.1) is 0 Å². The molecule has 0 aliphatic carbocycles. The van der Waals surface area contributed by atoms with E-state index in [2.05, 4.69) is 22.3 Å². The van der Waals surface area contributed by atoms with Crippen molar-refractivity contribution in [2.75, 3.05) is 5.75 Å². The smallest absolute Gasteiger partial charge is 0.318 e. The topological polar surface area (TPSA) is 113 Å². The first-order chi connectivity index (χ1) is 16.2. The highest BCUT2D eigenvalue weighted by atomic mass is 35.5. The number of rotatable bonds is 7. The Morgan fingerprint density at radius 2 is 1.97 bits per heavy atom. The molecule has 0 bridgehead atoms. The predicted octanol–water partition coefficient (Wildman–Crippen LogP) is 2.83. The van der Waals surface area contributed by atoms with Crippen molar-refractivity contribution in [2.24, 2.45) is 0 Å². The van der Waals surface area contributed by atoms with Gasteiger partial charge in [-0.2, -0.15) is 5.01 Å². The van der Waals surface area contributed by atoms with Crippen molar-refractivity contribution < 1.29 is 14.4 Å². The van der Waals surface area contributed by atoms with Crippen LogP contribution in [0.4, 0.5) is 4.79 Å². The Bertz CT molecular complexity index is 1380. The zero-order chi connectivity index (χ0) is 24.5. The Balaban J connectivity index is 1.52. The first kappa shape index (κ1) is 23.5. The number of carbonyl (C=O) groups excluding carboxylic acids is 3. The van der Waals surface area contributed by atoms with Gasteiger partial charge in [0.05, 0.1) is 16.7 Å². The van der Waals surface area contributed by atoms with E-state index in [4.69, 9.17) is 11.6 Å². The molecule has 4 rings (SSSR count). The summed E-state index contributed by atoms with van der Waals surface area (Å²) in [5.41, 5.74) is 1.73. The Labute approximate surface area is 203 Å². The standard InChI is InChI=1S/C23H20ClN5O4S/c1-3-11-28-19(31)16-10-9-15(24)12-17(16)25-22(28)34-13-18(30)27-29-20(32)23(2,26-21(29)33)14-7-5-4-6-8-14/h3-10,12H,1,11,13H2,2H3,(H,26,33)(H,27,30)/t23-/m0/s1. The molecule has 0 unspecified atom stereocenters. The number of carbonyl (C=O) groups is 3. The molecular weight excluding hydrogens is 478 g/mol. The average molecular weight is 498 g/mol. The van der Waals surface area contributed by atoms with Crippen LogP contribution in [0.25, 0.3) is 10.9 Å². The SMILES string of the molecule is C=CCn1c(SCC(=O)NN2C(=O)N[C@@](C)(c3ccccc3)C2=O)nc2cc(Cl)ccc2c1=O. The molecule has 11 heteroatoms. The van der Waals surface area contributed by atoms with Gasteiger partial charge >= 0.3 is 6.03 Å². The summed E-state index contributed by atoms with van der Waals surface area (Å²) < 4.78 is 1.39. The molecule has 9 nitrogen and oxygen atoms in total. The van der Waals surface area contributed by atoms with Gasteiger partial charge in [0.15, 0.2) is 5.16 Å². The minimum atomic E-state index is -1.30. The van der Waals surface area contributed by atoms with E-state index in [1.165, 1.54) is 4.57 Å². The van der Waals surface area contributed by atoms with Crippen molar-refractivity contribution in [2.45, 2.75) is 24.2 Å². The normalized spacial score (nSPS) is 17.6. The number of hydrogen-bond donors (Lipinski definition) is 2. The minimum Gasteiger partial charge on any atom is -0.318 e. The van der Waals surface area contributed by atoms with Crippen molar-refractivity contribution >= 4 is 52.1 Å². The maximum absolute atomic E-state index is 12.9. The molecule has 0 spiro atoms. The molecule has 1 aliphatic heterocycles. The zero-order valence-corrected chi connectivity index (χ0v) is 19.7. The van der Waals surface area contributed by atoms with E-state index >= 15 is 0 Å². The van der Waals surface area contributed by atoms with E-state index in [1.54, 1.807) is 61.5 Å². The van der Waals surface area contributed by atoms with Crippen molar-refractivity contribution in [3.05, 3.63) is 82.1 Å². The second-order valence-corrected chi connectivity index (χ2v) is 9.02.